The summed E-state index contributed by atoms with van der Waals surface area (Å²) in [5.41, 5.74) is 1.08. The summed E-state index contributed by atoms with van der Waals surface area (Å²) >= 11 is 0. The molecule has 0 amide bonds. The van der Waals surface area contributed by atoms with Gasteiger partial charge in [-0.1, -0.05) is 30.3 Å². The monoisotopic (exact) mass is 257 g/mol. The maximum Gasteiger partial charge on any atom is 0.403 e. The Hall–Kier alpha value is -0.670. The molecule has 1 unspecified atom stereocenters. The van der Waals surface area contributed by atoms with E-state index in [1.165, 1.54) is 4.67 Å². The summed E-state index contributed by atoms with van der Waals surface area (Å²) < 4.78 is 12.7. The third-order valence-corrected chi connectivity index (χ3v) is 4.11. The first-order valence-corrected chi connectivity index (χ1v) is 7.27. The van der Waals surface area contributed by atoms with Crippen molar-refractivity contribution < 1.29 is 14.4 Å². The summed E-state index contributed by atoms with van der Waals surface area (Å²) in [4.78, 5) is 18.7. The molecule has 17 heavy (non-hydrogen) atoms. The first-order valence-electron chi connectivity index (χ1n) is 5.70. The molecule has 0 bridgehead atoms. The van der Waals surface area contributed by atoms with E-state index in [-0.39, 0.29) is 12.1 Å². The lowest BCUT2D eigenvalue weighted by molar-refractivity contribution is 0.203. The van der Waals surface area contributed by atoms with Crippen LogP contribution < -0.4 is 0 Å². The van der Waals surface area contributed by atoms with Gasteiger partial charge in [0.2, 0.25) is 0 Å². The van der Waals surface area contributed by atoms with Gasteiger partial charge in [-0.2, -0.15) is 0 Å². The molecule has 1 rings (SSSR count). The van der Waals surface area contributed by atoms with E-state index in [1.54, 1.807) is 13.8 Å². The Morgan fingerprint density at radius 1 is 1.18 bits per heavy atom. The van der Waals surface area contributed by atoms with Crippen molar-refractivity contribution in [1.82, 2.24) is 4.67 Å². The van der Waals surface area contributed by atoms with Gasteiger partial charge in [-0.25, -0.2) is 9.24 Å². The molecule has 0 heterocycles. The van der Waals surface area contributed by atoms with Crippen molar-refractivity contribution in [2.24, 2.45) is 0 Å². The Balaban J connectivity index is 2.80. The van der Waals surface area contributed by atoms with Gasteiger partial charge in [-0.3, -0.25) is 0 Å². The molecular weight excluding hydrogens is 237 g/mol. The summed E-state index contributed by atoms with van der Waals surface area (Å²) in [7, 11) is -4.19. The predicted molar refractivity (Wildman–Crippen MR) is 68.6 cm³/mol. The fourth-order valence-corrected chi connectivity index (χ4v) is 3.31. The van der Waals surface area contributed by atoms with Crippen molar-refractivity contribution in [1.29, 1.82) is 0 Å². The van der Waals surface area contributed by atoms with Gasteiger partial charge in [0.1, 0.15) is 0 Å². The highest BCUT2D eigenvalue weighted by molar-refractivity contribution is 7.49. The fourth-order valence-electron chi connectivity index (χ4n) is 2.12. The van der Waals surface area contributed by atoms with Crippen LogP contribution in [0.4, 0.5) is 0 Å². The molecule has 1 atom stereocenters. The van der Waals surface area contributed by atoms with Crippen molar-refractivity contribution in [3.8, 4) is 0 Å². The zero-order valence-corrected chi connectivity index (χ0v) is 11.3. The standard InChI is InChI=1S/C12H20NO3P/c1-10(2)13(17(14,15)16)11(3)9-12-7-5-4-6-8-12/h4-8,10-11H,9H2,1-3H3,(H2,14,15,16). The lowest BCUT2D eigenvalue weighted by atomic mass is 10.1. The van der Waals surface area contributed by atoms with Crippen LogP contribution in [0.3, 0.4) is 0 Å². The van der Waals surface area contributed by atoms with Gasteiger partial charge in [0.15, 0.2) is 0 Å². The number of benzene rings is 1. The highest BCUT2D eigenvalue weighted by Crippen LogP contribution is 2.43. The molecule has 5 heteroatoms. The van der Waals surface area contributed by atoms with Crippen LogP contribution in [-0.2, 0) is 11.0 Å². The first kappa shape index (κ1) is 14.4. The molecule has 4 nitrogen and oxygen atoms in total. The zero-order valence-electron chi connectivity index (χ0n) is 10.4. The van der Waals surface area contributed by atoms with E-state index in [9.17, 15) is 14.4 Å². The van der Waals surface area contributed by atoms with Crippen LogP contribution in [0.2, 0.25) is 0 Å². The van der Waals surface area contributed by atoms with E-state index >= 15 is 0 Å². The SMILES string of the molecule is CC(C)N(C(C)Cc1ccccc1)P(=O)(O)O. The molecule has 0 aliphatic carbocycles. The van der Waals surface area contributed by atoms with E-state index in [4.69, 9.17) is 0 Å². The van der Waals surface area contributed by atoms with Gasteiger partial charge in [-0.05, 0) is 32.8 Å². The van der Waals surface area contributed by atoms with E-state index in [2.05, 4.69) is 0 Å². The number of nitrogens with zero attached hydrogens (tertiary/aromatic N) is 1. The first-order chi connectivity index (χ1) is 7.82. The maximum atomic E-state index is 11.4. The van der Waals surface area contributed by atoms with Crippen LogP contribution in [0.1, 0.15) is 26.3 Å². The minimum Gasteiger partial charge on any atom is -0.312 e. The summed E-state index contributed by atoms with van der Waals surface area (Å²) in [6, 6.07) is 9.34. The molecule has 1 aromatic rings. The summed E-state index contributed by atoms with van der Waals surface area (Å²) in [6.45, 7) is 5.42. The summed E-state index contributed by atoms with van der Waals surface area (Å²) in [5.74, 6) is 0. The third kappa shape index (κ3) is 4.25. The van der Waals surface area contributed by atoms with Crippen molar-refractivity contribution in [3.05, 3.63) is 35.9 Å². The average molecular weight is 257 g/mol. The smallest absolute Gasteiger partial charge is 0.312 e. The van der Waals surface area contributed by atoms with E-state index in [0.29, 0.717) is 6.42 Å². The minimum absolute atomic E-state index is 0.186. The van der Waals surface area contributed by atoms with Crippen LogP contribution in [-0.4, -0.2) is 26.5 Å². The Bertz CT molecular complexity index is 388. The van der Waals surface area contributed by atoms with E-state index in [1.807, 2.05) is 37.3 Å². The van der Waals surface area contributed by atoms with Gasteiger partial charge in [0.25, 0.3) is 0 Å². The highest BCUT2D eigenvalue weighted by atomic mass is 31.2. The third-order valence-electron chi connectivity index (χ3n) is 2.66. The van der Waals surface area contributed by atoms with Gasteiger partial charge in [0.05, 0.1) is 0 Å². The van der Waals surface area contributed by atoms with Crippen molar-refractivity contribution in [3.63, 3.8) is 0 Å². The second kappa shape index (κ2) is 5.78. The fraction of sp³-hybridized carbons (Fsp3) is 0.500. The molecule has 96 valence electrons. The average Bonchev–Trinajstić information content (AvgIpc) is 2.15. The van der Waals surface area contributed by atoms with Crippen LogP contribution in [0.5, 0.6) is 0 Å². The summed E-state index contributed by atoms with van der Waals surface area (Å²) in [6.07, 6.45) is 0.629. The van der Waals surface area contributed by atoms with Crippen molar-refractivity contribution in [2.45, 2.75) is 39.3 Å². The van der Waals surface area contributed by atoms with Crippen LogP contribution in [0.15, 0.2) is 30.3 Å². The molecule has 0 spiro atoms. The molecule has 2 N–H and O–H groups in total. The molecule has 0 radical (unpaired) electrons. The van der Waals surface area contributed by atoms with Crippen LogP contribution in [0.25, 0.3) is 0 Å². The van der Waals surface area contributed by atoms with Gasteiger partial charge in [0, 0.05) is 12.1 Å². The molecule has 0 aliphatic rings. The van der Waals surface area contributed by atoms with Gasteiger partial charge in [-0.15, -0.1) is 0 Å². The maximum absolute atomic E-state index is 11.4. The highest BCUT2D eigenvalue weighted by Gasteiger charge is 2.32. The number of rotatable bonds is 5. The lowest BCUT2D eigenvalue weighted by Crippen LogP contribution is -2.37. The second-order valence-corrected chi connectivity index (χ2v) is 6.01. The van der Waals surface area contributed by atoms with Crippen LogP contribution >= 0.6 is 7.75 Å². The minimum atomic E-state index is -4.19. The zero-order chi connectivity index (χ0) is 13.1. The Morgan fingerprint density at radius 3 is 2.12 bits per heavy atom. The van der Waals surface area contributed by atoms with Gasteiger partial charge < -0.3 is 9.79 Å². The topological polar surface area (TPSA) is 60.8 Å². The molecule has 1 aromatic carbocycles. The largest absolute Gasteiger partial charge is 0.403 e. The van der Waals surface area contributed by atoms with E-state index in [0.717, 1.165) is 5.56 Å². The molecule has 0 saturated heterocycles. The van der Waals surface area contributed by atoms with Gasteiger partial charge >= 0.3 is 7.75 Å². The Labute approximate surface area is 102 Å². The summed E-state index contributed by atoms with van der Waals surface area (Å²) in [5, 5.41) is 0. The molecule has 0 aliphatic heterocycles. The lowest BCUT2D eigenvalue weighted by Gasteiger charge is -2.32. The predicted octanol–water partition coefficient (Wildman–Crippen LogP) is 2.42. The molecule has 0 aromatic heterocycles. The quantitative estimate of drug-likeness (QED) is 0.795. The molecule has 0 fully saturated rings. The Morgan fingerprint density at radius 2 is 1.71 bits per heavy atom. The van der Waals surface area contributed by atoms with Crippen molar-refractivity contribution in [2.75, 3.05) is 0 Å². The molecule has 0 saturated carbocycles. The normalized spacial score (nSPS) is 14.3. The second-order valence-electron chi connectivity index (χ2n) is 4.53. The number of hydrogen-bond acceptors (Lipinski definition) is 1. The van der Waals surface area contributed by atoms with E-state index < -0.39 is 7.75 Å². The number of hydrogen-bond donors (Lipinski definition) is 2. The molecular formula is C12H20NO3P. The Kier molecular flexibility index (Phi) is 4.90. The van der Waals surface area contributed by atoms with Crippen LogP contribution in [0, 0.1) is 0 Å². The van der Waals surface area contributed by atoms with Crippen molar-refractivity contribution >= 4 is 7.75 Å².